The van der Waals surface area contributed by atoms with Gasteiger partial charge < -0.3 is 14.4 Å². The Labute approximate surface area is 164 Å². The fourth-order valence-corrected chi connectivity index (χ4v) is 4.65. The summed E-state index contributed by atoms with van der Waals surface area (Å²) in [5.74, 6) is -1.55. The third-order valence-electron chi connectivity index (χ3n) is 5.04. The average Bonchev–Trinajstić information content (AvgIpc) is 3.21. The zero-order valence-corrected chi connectivity index (χ0v) is 15.9. The highest BCUT2D eigenvalue weighted by Gasteiger charge is 2.50. The zero-order chi connectivity index (χ0) is 19.9. The van der Waals surface area contributed by atoms with E-state index in [1.807, 2.05) is 10.3 Å². The van der Waals surface area contributed by atoms with E-state index >= 15 is 0 Å². The number of aldehydes is 1. The van der Waals surface area contributed by atoms with Crippen molar-refractivity contribution in [1.29, 1.82) is 0 Å². The topological polar surface area (TPSA) is 46.6 Å². The molecular weight excluding hydrogens is 384 g/mol. The smallest absolute Gasteiger partial charge is 0.325 e. The molecule has 0 aliphatic carbocycles. The molecule has 28 heavy (non-hydrogen) atoms. The highest BCUT2D eigenvalue weighted by atomic mass is 32.1. The van der Waals surface area contributed by atoms with Crippen molar-refractivity contribution in [2.24, 2.45) is 0 Å². The van der Waals surface area contributed by atoms with Crippen molar-refractivity contribution in [3.8, 4) is 0 Å². The molecule has 0 spiro atoms. The molecule has 2 heterocycles. The summed E-state index contributed by atoms with van der Waals surface area (Å²) in [6.45, 7) is 2.17. The number of thiophene rings is 1. The molecule has 7 heteroatoms. The second kappa shape index (κ2) is 6.98. The molecule has 0 saturated heterocycles. The fraction of sp³-hybridized carbons (Fsp3) is 0.238. The quantitative estimate of drug-likeness (QED) is 0.365. The van der Waals surface area contributed by atoms with Crippen LogP contribution in [-0.4, -0.2) is 25.4 Å². The first-order valence-corrected chi connectivity index (χ1v) is 9.70. The lowest BCUT2D eigenvalue weighted by Gasteiger charge is -2.23. The molecule has 1 atom stereocenters. The molecule has 144 valence electrons. The second-order valence-electron chi connectivity index (χ2n) is 6.73. The molecule has 0 fully saturated rings. The van der Waals surface area contributed by atoms with Gasteiger partial charge in [0.15, 0.2) is 5.41 Å². The lowest BCUT2D eigenvalue weighted by molar-refractivity contribution is -0.150. The van der Waals surface area contributed by atoms with Gasteiger partial charge >= 0.3 is 5.97 Å². The van der Waals surface area contributed by atoms with E-state index in [2.05, 4.69) is 0 Å². The van der Waals surface area contributed by atoms with E-state index in [9.17, 15) is 18.4 Å². The predicted molar refractivity (Wildman–Crippen MR) is 104 cm³/mol. The van der Waals surface area contributed by atoms with Crippen LogP contribution in [0.15, 0.2) is 41.8 Å². The summed E-state index contributed by atoms with van der Waals surface area (Å²) in [5, 5.41) is 2.71. The van der Waals surface area contributed by atoms with Crippen molar-refractivity contribution < 1.29 is 23.1 Å². The summed E-state index contributed by atoms with van der Waals surface area (Å²) in [5.41, 5.74) is 0.189. The van der Waals surface area contributed by atoms with Gasteiger partial charge in [0.2, 0.25) is 0 Å². The minimum Gasteiger partial charge on any atom is -0.465 e. The van der Waals surface area contributed by atoms with Crippen LogP contribution in [0.2, 0.25) is 0 Å². The maximum absolute atomic E-state index is 13.9. The van der Waals surface area contributed by atoms with E-state index in [0.29, 0.717) is 24.1 Å². The van der Waals surface area contributed by atoms with Crippen molar-refractivity contribution in [1.82, 2.24) is 0 Å². The van der Waals surface area contributed by atoms with Gasteiger partial charge in [0.1, 0.15) is 17.9 Å². The van der Waals surface area contributed by atoms with Gasteiger partial charge in [0.05, 0.1) is 6.61 Å². The minimum atomic E-state index is -1.58. The van der Waals surface area contributed by atoms with E-state index in [1.54, 1.807) is 19.1 Å². The van der Waals surface area contributed by atoms with Crippen LogP contribution >= 0.6 is 11.3 Å². The molecule has 1 aliphatic rings. The third-order valence-corrected chi connectivity index (χ3v) is 6.05. The van der Waals surface area contributed by atoms with Crippen LogP contribution < -0.4 is 4.90 Å². The Morgan fingerprint density at radius 2 is 2.00 bits per heavy atom. The number of anilines is 1. The first-order valence-electron chi connectivity index (χ1n) is 8.82. The Bertz CT molecular complexity index is 1080. The van der Waals surface area contributed by atoms with Crippen molar-refractivity contribution in [2.45, 2.75) is 18.9 Å². The molecule has 0 radical (unpaired) electrons. The Balaban J connectivity index is 1.77. The van der Waals surface area contributed by atoms with Crippen molar-refractivity contribution in [3.63, 3.8) is 0 Å². The fourth-order valence-electron chi connectivity index (χ4n) is 3.72. The van der Waals surface area contributed by atoms with Crippen LogP contribution in [0.5, 0.6) is 0 Å². The summed E-state index contributed by atoms with van der Waals surface area (Å²) in [7, 11) is 0. The molecule has 1 aliphatic heterocycles. The van der Waals surface area contributed by atoms with E-state index < -0.39 is 17.2 Å². The first-order chi connectivity index (χ1) is 13.5. The lowest BCUT2D eigenvalue weighted by atomic mass is 9.84. The van der Waals surface area contributed by atoms with Gasteiger partial charge in [-0.05, 0) is 54.3 Å². The number of rotatable bonds is 5. The molecule has 0 bridgehead atoms. The summed E-state index contributed by atoms with van der Waals surface area (Å²) in [6.07, 6.45) is 0.536. The van der Waals surface area contributed by atoms with Gasteiger partial charge in [-0.1, -0.05) is 0 Å². The number of hydrogen-bond donors (Lipinski definition) is 0. The molecule has 4 rings (SSSR count). The average molecular weight is 401 g/mol. The van der Waals surface area contributed by atoms with Crippen LogP contribution in [0.4, 0.5) is 14.5 Å². The van der Waals surface area contributed by atoms with E-state index in [1.165, 1.54) is 35.6 Å². The van der Waals surface area contributed by atoms with E-state index in [-0.39, 0.29) is 19.0 Å². The first kappa shape index (κ1) is 18.6. The Morgan fingerprint density at radius 1 is 1.25 bits per heavy atom. The van der Waals surface area contributed by atoms with Crippen molar-refractivity contribution >= 4 is 39.4 Å². The number of benzene rings is 2. The Morgan fingerprint density at radius 3 is 2.75 bits per heavy atom. The van der Waals surface area contributed by atoms with Crippen LogP contribution in [0, 0.1) is 11.6 Å². The molecule has 0 saturated carbocycles. The SMILES string of the molecule is CCOC(=O)C1(C=O)CN(Cc2csc3ccc(F)cc23)c2ccc(F)cc21. The van der Waals surface area contributed by atoms with Crippen LogP contribution in [0.3, 0.4) is 0 Å². The number of carbonyl (C=O) groups is 2. The minimum absolute atomic E-state index is 0.0424. The number of fused-ring (bicyclic) bond motifs is 2. The van der Waals surface area contributed by atoms with Crippen molar-refractivity contribution in [2.75, 3.05) is 18.1 Å². The maximum Gasteiger partial charge on any atom is 0.325 e. The Kier molecular flexibility index (Phi) is 4.63. The van der Waals surface area contributed by atoms with E-state index in [0.717, 1.165) is 15.6 Å². The van der Waals surface area contributed by atoms with E-state index in [4.69, 9.17) is 4.74 Å². The molecule has 0 amide bonds. The highest BCUT2D eigenvalue weighted by Crippen LogP contribution is 2.42. The number of esters is 1. The monoisotopic (exact) mass is 401 g/mol. The van der Waals surface area contributed by atoms with Crippen LogP contribution in [0.25, 0.3) is 10.1 Å². The standard InChI is InChI=1S/C21H17F2NO3S/c1-2-27-20(26)21(12-25)11-24(18-5-3-15(23)8-17(18)21)9-13-10-28-19-6-4-14(22)7-16(13)19/h3-8,10,12H,2,9,11H2,1H3. The predicted octanol–water partition coefficient (Wildman–Crippen LogP) is 4.20. The van der Waals surface area contributed by atoms with Gasteiger partial charge in [0, 0.05) is 34.4 Å². The molecule has 1 aromatic heterocycles. The second-order valence-corrected chi connectivity index (χ2v) is 7.64. The number of halogens is 2. The maximum atomic E-state index is 13.9. The van der Waals surface area contributed by atoms with Gasteiger partial charge in [-0.3, -0.25) is 4.79 Å². The highest BCUT2D eigenvalue weighted by molar-refractivity contribution is 7.17. The van der Waals surface area contributed by atoms with Crippen LogP contribution in [0.1, 0.15) is 18.1 Å². The number of hydrogen-bond acceptors (Lipinski definition) is 5. The van der Waals surface area contributed by atoms with Gasteiger partial charge in [0.25, 0.3) is 0 Å². The summed E-state index contributed by atoms with van der Waals surface area (Å²) in [6, 6.07) is 8.68. The van der Waals surface area contributed by atoms with Gasteiger partial charge in [-0.15, -0.1) is 11.3 Å². The number of carbonyl (C=O) groups excluding carboxylic acids is 2. The number of nitrogens with zero attached hydrogens (tertiary/aromatic N) is 1. The molecule has 3 aromatic rings. The normalized spacial score (nSPS) is 18.3. The summed E-state index contributed by atoms with van der Waals surface area (Å²) >= 11 is 1.50. The number of ether oxygens (including phenoxy) is 1. The molecule has 2 aromatic carbocycles. The van der Waals surface area contributed by atoms with Gasteiger partial charge in [-0.2, -0.15) is 0 Å². The Hall–Kier alpha value is -2.80. The van der Waals surface area contributed by atoms with Crippen LogP contribution in [-0.2, 0) is 26.3 Å². The molecule has 1 unspecified atom stereocenters. The molecule has 0 N–H and O–H groups in total. The van der Waals surface area contributed by atoms with Gasteiger partial charge in [-0.25, -0.2) is 8.78 Å². The largest absolute Gasteiger partial charge is 0.465 e. The summed E-state index contributed by atoms with van der Waals surface area (Å²) in [4.78, 5) is 26.5. The molecular formula is C21H17F2NO3S. The molecule has 4 nitrogen and oxygen atoms in total. The zero-order valence-electron chi connectivity index (χ0n) is 15.1. The third kappa shape index (κ3) is 2.86. The van der Waals surface area contributed by atoms with Crippen molar-refractivity contribution in [3.05, 3.63) is 64.5 Å². The summed E-state index contributed by atoms with van der Waals surface area (Å²) < 4.78 is 33.7. The lowest BCUT2D eigenvalue weighted by Crippen LogP contribution is -2.43.